The molecule has 0 saturated heterocycles. The number of benzene rings is 1. The molecule has 1 rings (SSSR count). The summed E-state index contributed by atoms with van der Waals surface area (Å²) in [6.45, 7) is 0. The largest absolute Gasteiger partial charge is 0.271 e. The van der Waals surface area contributed by atoms with E-state index in [9.17, 15) is 0 Å². The third-order valence-electron chi connectivity index (χ3n) is 1.97. The van der Waals surface area contributed by atoms with Crippen LogP contribution in [-0.4, -0.2) is 6.04 Å². The highest BCUT2D eigenvalue weighted by Crippen LogP contribution is 2.12. The van der Waals surface area contributed by atoms with E-state index in [1.54, 1.807) is 0 Å². The molecule has 14 heavy (non-hydrogen) atoms. The molecule has 0 radical (unpaired) electrons. The molecule has 1 aromatic rings. The van der Waals surface area contributed by atoms with Crippen LogP contribution in [-0.2, 0) is 6.42 Å². The Labute approximate surface area is 89.4 Å². The van der Waals surface area contributed by atoms with Crippen LogP contribution in [0.2, 0.25) is 5.02 Å². The summed E-state index contributed by atoms with van der Waals surface area (Å²) in [6, 6.07) is 7.80. The first-order chi connectivity index (χ1) is 6.76. The maximum absolute atomic E-state index is 5.86. The molecule has 0 aliphatic rings. The van der Waals surface area contributed by atoms with Crippen molar-refractivity contribution in [2.24, 2.45) is 5.84 Å². The fourth-order valence-electron chi connectivity index (χ4n) is 1.28. The van der Waals surface area contributed by atoms with E-state index in [0.29, 0.717) is 6.42 Å². The number of nitrogens with one attached hydrogen (secondary N) is 1. The molecule has 0 aliphatic heterocycles. The van der Waals surface area contributed by atoms with Gasteiger partial charge in [0.25, 0.3) is 0 Å². The first-order valence-corrected chi connectivity index (χ1v) is 4.78. The number of terminal acetylenes is 1. The van der Waals surface area contributed by atoms with Crippen molar-refractivity contribution in [3.63, 3.8) is 0 Å². The molecule has 1 aromatic carbocycles. The van der Waals surface area contributed by atoms with Crippen LogP contribution in [0, 0.1) is 12.3 Å². The van der Waals surface area contributed by atoms with E-state index in [1.807, 2.05) is 24.3 Å². The third-order valence-corrected chi connectivity index (χ3v) is 2.21. The molecule has 0 bridgehead atoms. The molecule has 0 amide bonds. The van der Waals surface area contributed by atoms with Crippen molar-refractivity contribution in [3.8, 4) is 12.3 Å². The molecule has 74 valence electrons. The summed E-state index contributed by atoms with van der Waals surface area (Å²) in [5, 5.41) is 0.735. The quantitative estimate of drug-likeness (QED) is 0.450. The Bertz CT molecular complexity index is 330. The summed E-state index contributed by atoms with van der Waals surface area (Å²) in [7, 11) is 0. The van der Waals surface area contributed by atoms with Crippen LogP contribution in [0.3, 0.4) is 0 Å². The second-order valence-corrected chi connectivity index (χ2v) is 3.54. The maximum Gasteiger partial charge on any atom is 0.0408 e. The van der Waals surface area contributed by atoms with E-state index < -0.39 is 0 Å². The highest BCUT2D eigenvalue weighted by atomic mass is 35.5. The van der Waals surface area contributed by atoms with Crippen molar-refractivity contribution in [1.29, 1.82) is 0 Å². The van der Waals surface area contributed by atoms with Crippen LogP contribution in [0.1, 0.15) is 12.0 Å². The molecule has 0 saturated carbocycles. The SMILES string of the molecule is C#CCC(Cc1cccc(Cl)c1)NN. The topological polar surface area (TPSA) is 38.0 Å². The number of halogens is 1. The second kappa shape index (κ2) is 5.66. The van der Waals surface area contributed by atoms with Gasteiger partial charge in [-0.15, -0.1) is 12.3 Å². The zero-order valence-corrected chi connectivity index (χ0v) is 8.59. The van der Waals surface area contributed by atoms with Crippen LogP contribution in [0.5, 0.6) is 0 Å². The van der Waals surface area contributed by atoms with Crippen molar-refractivity contribution in [3.05, 3.63) is 34.9 Å². The summed E-state index contributed by atoms with van der Waals surface area (Å²) in [6.07, 6.45) is 6.62. The van der Waals surface area contributed by atoms with Crippen molar-refractivity contribution >= 4 is 11.6 Å². The number of nitrogens with two attached hydrogens (primary N) is 1. The molecule has 0 spiro atoms. The molecule has 3 heteroatoms. The minimum absolute atomic E-state index is 0.110. The first-order valence-electron chi connectivity index (χ1n) is 4.40. The highest BCUT2D eigenvalue weighted by molar-refractivity contribution is 6.30. The number of rotatable bonds is 4. The fourth-order valence-corrected chi connectivity index (χ4v) is 1.49. The normalized spacial score (nSPS) is 12.1. The lowest BCUT2D eigenvalue weighted by Crippen LogP contribution is -2.36. The van der Waals surface area contributed by atoms with Crippen molar-refractivity contribution < 1.29 is 0 Å². The van der Waals surface area contributed by atoms with Gasteiger partial charge in [0.15, 0.2) is 0 Å². The Balaban J connectivity index is 2.63. The molecule has 3 N–H and O–H groups in total. The van der Waals surface area contributed by atoms with Gasteiger partial charge in [0, 0.05) is 17.5 Å². The van der Waals surface area contributed by atoms with Crippen molar-refractivity contribution in [2.75, 3.05) is 0 Å². The van der Waals surface area contributed by atoms with Gasteiger partial charge >= 0.3 is 0 Å². The zero-order chi connectivity index (χ0) is 10.4. The Morgan fingerprint density at radius 2 is 2.36 bits per heavy atom. The summed E-state index contributed by atoms with van der Waals surface area (Å²) in [5.41, 5.74) is 3.82. The van der Waals surface area contributed by atoms with Crippen molar-refractivity contribution in [1.82, 2.24) is 5.43 Å². The van der Waals surface area contributed by atoms with Gasteiger partial charge in [-0.05, 0) is 24.1 Å². The van der Waals surface area contributed by atoms with Crippen LogP contribution < -0.4 is 11.3 Å². The van der Waals surface area contributed by atoms with E-state index in [4.69, 9.17) is 23.9 Å². The monoisotopic (exact) mass is 208 g/mol. The van der Waals surface area contributed by atoms with Gasteiger partial charge in [0.05, 0.1) is 0 Å². The average molecular weight is 209 g/mol. The molecule has 0 aliphatic carbocycles. The second-order valence-electron chi connectivity index (χ2n) is 3.11. The smallest absolute Gasteiger partial charge is 0.0408 e. The van der Waals surface area contributed by atoms with E-state index in [1.165, 1.54) is 0 Å². The molecule has 0 fully saturated rings. The van der Waals surface area contributed by atoms with E-state index in [2.05, 4.69) is 11.3 Å². The minimum atomic E-state index is 0.110. The van der Waals surface area contributed by atoms with Crippen LogP contribution in [0.25, 0.3) is 0 Å². The molecular formula is C11H13ClN2. The maximum atomic E-state index is 5.86. The summed E-state index contributed by atoms with van der Waals surface area (Å²) >= 11 is 5.86. The average Bonchev–Trinajstić information content (AvgIpc) is 2.17. The molecule has 0 aromatic heterocycles. The third kappa shape index (κ3) is 3.39. The lowest BCUT2D eigenvalue weighted by Gasteiger charge is -2.12. The number of hydrazine groups is 1. The van der Waals surface area contributed by atoms with Gasteiger partial charge in [0.2, 0.25) is 0 Å². The van der Waals surface area contributed by atoms with E-state index in [0.717, 1.165) is 17.0 Å². The lowest BCUT2D eigenvalue weighted by molar-refractivity contribution is 0.537. The Hall–Kier alpha value is -1.01. The van der Waals surface area contributed by atoms with Gasteiger partial charge in [-0.2, -0.15) is 0 Å². The Morgan fingerprint density at radius 1 is 1.57 bits per heavy atom. The summed E-state index contributed by atoms with van der Waals surface area (Å²) < 4.78 is 0. The molecule has 1 unspecified atom stereocenters. The van der Waals surface area contributed by atoms with Gasteiger partial charge in [-0.1, -0.05) is 23.7 Å². The van der Waals surface area contributed by atoms with Crippen LogP contribution >= 0.6 is 11.6 Å². The number of hydrogen-bond donors (Lipinski definition) is 2. The van der Waals surface area contributed by atoms with Gasteiger partial charge in [-0.3, -0.25) is 11.3 Å². The van der Waals surface area contributed by atoms with Gasteiger partial charge < -0.3 is 0 Å². The van der Waals surface area contributed by atoms with E-state index >= 15 is 0 Å². The molecule has 0 heterocycles. The highest BCUT2D eigenvalue weighted by Gasteiger charge is 2.05. The fraction of sp³-hybridized carbons (Fsp3) is 0.273. The number of hydrogen-bond acceptors (Lipinski definition) is 2. The Kier molecular flexibility index (Phi) is 4.48. The standard InChI is InChI=1S/C11H13ClN2/c1-2-4-11(14-13)8-9-5-3-6-10(12)7-9/h1,3,5-7,11,14H,4,8,13H2. The minimum Gasteiger partial charge on any atom is -0.271 e. The van der Waals surface area contributed by atoms with E-state index in [-0.39, 0.29) is 6.04 Å². The Morgan fingerprint density at radius 3 is 2.93 bits per heavy atom. The predicted octanol–water partition coefficient (Wildman–Crippen LogP) is 1.74. The van der Waals surface area contributed by atoms with Crippen molar-refractivity contribution in [2.45, 2.75) is 18.9 Å². The first kappa shape index (κ1) is 11.1. The van der Waals surface area contributed by atoms with Gasteiger partial charge in [-0.25, -0.2) is 0 Å². The lowest BCUT2D eigenvalue weighted by atomic mass is 10.0. The van der Waals surface area contributed by atoms with Crippen LogP contribution in [0.4, 0.5) is 0 Å². The summed E-state index contributed by atoms with van der Waals surface area (Å²) in [5.74, 6) is 7.94. The molecular weight excluding hydrogens is 196 g/mol. The summed E-state index contributed by atoms with van der Waals surface area (Å²) in [4.78, 5) is 0. The molecule has 2 nitrogen and oxygen atoms in total. The van der Waals surface area contributed by atoms with Crippen LogP contribution in [0.15, 0.2) is 24.3 Å². The predicted molar refractivity (Wildman–Crippen MR) is 59.7 cm³/mol. The molecule has 1 atom stereocenters. The zero-order valence-electron chi connectivity index (χ0n) is 7.83. The van der Waals surface area contributed by atoms with Gasteiger partial charge in [0.1, 0.15) is 0 Å².